The Hall–Kier alpha value is -2.42. The molecule has 0 saturated heterocycles. The fourth-order valence-electron chi connectivity index (χ4n) is 4.37. The van der Waals surface area contributed by atoms with E-state index in [1.165, 1.54) is 4.31 Å². The molecule has 8 heteroatoms. The fourth-order valence-corrected chi connectivity index (χ4v) is 6.20. The highest BCUT2D eigenvalue weighted by Gasteiger charge is 2.39. The molecule has 34 heavy (non-hydrogen) atoms. The molecule has 7 nitrogen and oxygen atoms in total. The van der Waals surface area contributed by atoms with Crippen molar-refractivity contribution in [2.45, 2.75) is 50.7 Å². The number of nitrogens with zero attached hydrogens (tertiary/aromatic N) is 2. The Morgan fingerprint density at radius 2 is 1.82 bits per heavy atom. The normalized spacial score (nSPS) is 23.2. The van der Waals surface area contributed by atoms with Crippen LogP contribution in [0.4, 0.5) is 0 Å². The average Bonchev–Trinajstić information content (AvgIpc) is 3.66. The maximum atomic E-state index is 13.6. The highest BCUT2D eigenvalue weighted by atomic mass is 32.2. The molecule has 0 aromatic heterocycles. The van der Waals surface area contributed by atoms with Crippen LogP contribution in [0.25, 0.3) is 11.1 Å². The van der Waals surface area contributed by atoms with Gasteiger partial charge in [-0.05, 0) is 49.9 Å². The number of aryl methyl sites for hydroxylation is 1. The first kappa shape index (κ1) is 24.7. The lowest BCUT2D eigenvalue weighted by atomic mass is 10.0. The van der Waals surface area contributed by atoms with Crippen LogP contribution in [0, 0.1) is 18.8 Å². The molecule has 184 valence electrons. The van der Waals surface area contributed by atoms with Crippen LogP contribution in [-0.2, 0) is 14.8 Å². The zero-order valence-electron chi connectivity index (χ0n) is 20.3. The van der Waals surface area contributed by atoms with Gasteiger partial charge in [0.25, 0.3) is 0 Å². The summed E-state index contributed by atoms with van der Waals surface area (Å²) in [6.45, 7) is 5.93. The van der Waals surface area contributed by atoms with E-state index in [1.54, 1.807) is 37.1 Å². The van der Waals surface area contributed by atoms with Gasteiger partial charge in [-0.3, -0.25) is 4.79 Å². The molecule has 2 aromatic carbocycles. The number of likely N-dealkylation sites (N-methyl/N-ethyl adjacent to an activating group) is 1. The van der Waals surface area contributed by atoms with Gasteiger partial charge in [0.15, 0.2) is 0 Å². The average molecular weight is 487 g/mol. The van der Waals surface area contributed by atoms with Crippen molar-refractivity contribution < 1.29 is 23.1 Å². The van der Waals surface area contributed by atoms with Gasteiger partial charge in [0.2, 0.25) is 15.9 Å². The van der Waals surface area contributed by atoms with Crippen molar-refractivity contribution in [3.8, 4) is 16.9 Å². The van der Waals surface area contributed by atoms with Gasteiger partial charge in [-0.15, -0.1) is 0 Å². The zero-order valence-corrected chi connectivity index (χ0v) is 21.1. The van der Waals surface area contributed by atoms with E-state index in [9.17, 15) is 18.3 Å². The maximum absolute atomic E-state index is 13.6. The summed E-state index contributed by atoms with van der Waals surface area (Å²) in [6.07, 6.45) is 1.45. The zero-order chi connectivity index (χ0) is 24.6. The molecule has 0 unspecified atom stereocenters. The van der Waals surface area contributed by atoms with Crippen molar-refractivity contribution in [1.82, 2.24) is 9.21 Å². The van der Waals surface area contributed by atoms with E-state index in [1.807, 2.05) is 38.1 Å². The molecular weight excluding hydrogens is 452 g/mol. The Labute approximate surface area is 202 Å². The summed E-state index contributed by atoms with van der Waals surface area (Å²) in [5.41, 5.74) is 2.95. The van der Waals surface area contributed by atoms with Crippen LogP contribution in [0.2, 0.25) is 0 Å². The molecule has 4 rings (SSSR count). The summed E-state index contributed by atoms with van der Waals surface area (Å²) in [7, 11) is -2.11. The van der Waals surface area contributed by atoms with Gasteiger partial charge in [-0.25, -0.2) is 8.42 Å². The molecule has 1 fully saturated rings. The first-order valence-electron chi connectivity index (χ1n) is 11.9. The highest BCUT2D eigenvalue weighted by molar-refractivity contribution is 7.89. The number of carbonyl (C=O) groups is 1. The quantitative estimate of drug-likeness (QED) is 0.677. The predicted molar refractivity (Wildman–Crippen MR) is 131 cm³/mol. The number of benzene rings is 2. The predicted octanol–water partition coefficient (Wildman–Crippen LogP) is 3.30. The second kappa shape index (κ2) is 9.68. The molecule has 1 amide bonds. The minimum atomic E-state index is -3.90. The second-order valence-electron chi connectivity index (χ2n) is 9.76. The fraction of sp³-hybridized carbons (Fsp3) is 0.500. The Morgan fingerprint density at radius 1 is 1.18 bits per heavy atom. The molecule has 2 aromatic rings. The van der Waals surface area contributed by atoms with E-state index in [0.717, 1.165) is 29.5 Å². The van der Waals surface area contributed by atoms with Gasteiger partial charge in [0, 0.05) is 31.5 Å². The van der Waals surface area contributed by atoms with Crippen LogP contribution in [0.1, 0.15) is 32.3 Å². The molecule has 1 aliphatic carbocycles. The molecule has 2 aliphatic rings. The van der Waals surface area contributed by atoms with Crippen LogP contribution in [0.15, 0.2) is 47.4 Å². The number of sulfonamides is 1. The lowest BCUT2D eigenvalue weighted by Gasteiger charge is -2.37. The third-order valence-corrected chi connectivity index (χ3v) is 8.83. The van der Waals surface area contributed by atoms with Gasteiger partial charge in [0.05, 0.1) is 13.2 Å². The van der Waals surface area contributed by atoms with Crippen LogP contribution >= 0.6 is 0 Å². The summed E-state index contributed by atoms with van der Waals surface area (Å²) in [5.74, 6) is 0.284. The van der Waals surface area contributed by atoms with Gasteiger partial charge in [0.1, 0.15) is 16.7 Å². The van der Waals surface area contributed by atoms with E-state index in [2.05, 4.69) is 0 Å². The van der Waals surface area contributed by atoms with E-state index in [-0.39, 0.29) is 41.5 Å². The number of aliphatic hydroxyl groups excluding tert-OH is 1. The van der Waals surface area contributed by atoms with Crippen LogP contribution in [0.3, 0.4) is 0 Å². The topological polar surface area (TPSA) is 87.2 Å². The smallest absolute Gasteiger partial charge is 0.247 e. The van der Waals surface area contributed by atoms with Gasteiger partial charge in [-0.2, -0.15) is 4.31 Å². The number of aliphatic hydroxyl groups is 1. The van der Waals surface area contributed by atoms with Gasteiger partial charge in [-0.1, -0.05) is 42.8 Å². The summed E-state index contributed by atoms with van der Waals surface area (Å²) in [6, 6.07) is 12.6. The summed E-state index contributed by atoms with van der Waals surface area (Å²) in [5, 5.41) is 9.79. The van der Waals surface area contributed by atoms with Gasteiger partial charge >= 0.3 is 0 Å². The third kappa shape index (κ3) is 4.99. The SMILES string of the molecule is Cc1ccc(-c2ccc3c(c2)O[C@@H](CN(C)C(=O)C2CC2)[C@@H](C)CN([C@@H](C)CO)S3(=O)=O)cc1. The van der Waals surface area contributed by atoms with Crippen molar-refractivity contribution in [2.75, 3.05) is 26.7 Å². The molecule has 0 bridgehead atoms. The van der Waals surface area contributed by atoms with Crippen LogP contribution in [0.5, 0.6) is 5.75 Å². The molecule has 1 N–H and O–H groups in total. The summed E-state index contributed by atoms with van der Waals surface area (Å²) in [4.78, 5) is 14.4. The lowest BCUT2D eigenvalue weighted by molar-refractivity contribution is -0.132. The number of carbonyl (C=O) groups excluding carboxylic acids is 1. The molecule has 1 saturated carbocycles. The summed E-state index contributed by atoms with van der Waals surface area (Å²) < 4.78 is 35.0. The number of rotatable bonds is 6. The molecule has 0 spiro atoms. The van der Waals surface area contributed by atoms with E-state index < -0.39 is 22.2 Å². The second-order valence-corrected chi connectivity index (χ2v) is 11.6. The minimum absolute atomic E-state index is 0.0803. The monoisotopic (exact) mass is 486 g/mol. The summed E-state index contributed by atoms with van der Waals surface area (Å²) >= 11 is 0. The largest absolute Gasteiger partial charge is 0.487 e. The van der Waals surface area contributed by atoms with E-state index in [4.69, 9.17) is 4.74 Å². The van der Waals surface area contributed by atoms with Crippen molar-refractivity contribution in [2.24, 2.45) is 11.8 Å². The molecule has 3 atom stereocenters. The Balaban J connectivity index is 1.76. The van der Waals surface area contributed by atoms with Crippen LogP contribution < -0.4 is 4.74 Å². The van der Waals surface area contributed by atoms with Crippen molar-refractivity contribution in [3.05, 3.63) is 48.0 Å². The van der Waals surface area contributed by atoms with Crippen molar-refractivity contribution in [1.29, 1.82) is 0 Å². The Morgan fingerprint density at radius 3 is 2.44 bits per heavy atom. The molecule has 0 radical (unpaired) electrons. The number of fused-ring (bicyclic) bond motifs is 1. The van der Waals surface area contributed by atoms with Crippen LogP contribution in [-0.4, -0.2) is 67.5 Å². The maximum Gasteiger partial charge on any atom is 0.247 e. The van der Waals surface area contributed by atoms with Gasteiger partial charge < -0.3 is 14.7 Å². The highest BCUT2D eigenvalue weighted by Crippen LogP contribution is 2.37. The van der Waals surface area contributed by atoms with Crippen molar-refractivity contribution in [3.63, 3.8) is 0 Å². The number of ether oxygens (including phenoxy) is 1. The number of hydrogen-bond acceptors (Lipinski definition) is 5. The molecular formula is C26H34N2O5S. The lowest BCUT2D eigenvalue weighted by Crippen LogP contribution is -2.50. The van der Waals surface area contributed by atoms with Crippen molar-refractivity contribution >= 4 is 15.9 Å². The third-order valence-electron chi connectivity index (χ3n) is 6.81. The number of amides is 1. The first-order chi connectivity index (χ1) is 16.1. The Kier molecular flexibility index (Phi) is 7.03. The Bertz CT molecular complexity index is 1140. The molecule has 1 aliphatic heterocycles. The molecule has 1 heterocycles. The van der Waals surface area contributed by atoms with E-state index in [0.29, 0.717) is 6.54 Å². The standard InChI is InChI=1S/C26H34N2O5S/c1-17-5-7-20(8-6-17)22-11-12-25-23(13-22)33-24(15-27(4)26(30)21-9-10-21)18(2)14-28(19(3)16-29)34(25,31)32/h5-8,11-13,18-19,21,24,29H,9-10,14-16H2,1-4H3/t18-,19-,24-/m0/s1. The first-order valence-corrected chi connectivity index (χ1v) is 13.3. The van der Waals surface area contributed by atoms with E-state index >= 15 is 0 Å². The minimum Gasteiger partial charge on any atom is -0.487 e. The number of hydrogen-bond donors (Lipinski definition) is 1.